The lowest BCUT2D eigenvalue weighted by Gasteiger charge is -2.18. The van der Waals surface area contributed by atoms with Crippen molar-refractivity contribution in [2.45, 2.75) is 13.3 Å². The number of carbonyl (C=O) groups excluding carboxylic acids is 1. The van der Waals surface area contributed by atoms with E-state index in [0.717, 1.165) is 17.4 Å². The predicted molar refractivity (Wildman–Crippen MR) is 93.2 cm³/mol. The molecule has 0 unspecified atom stereocenters. The molecule has 2 aromatic carbocycles. The summed E-state index contributed by atoms with van der Waals surface area (Å²) in [6, 6.07) is 14.5. The minimum Gasteiger partial charge on any atom is -0.315 e. The predicted octanol–water partition coefficient (Wildman–Crippen LogP) is 2.57. The van der Waals surface area contributed by atoms with E-state index in [4.69, 9.17) is 0 Å². The third-order valence-electron chi connectivity index (χ3n) is 3.37. The van der Waals surface area contributed by atoms with Gasteiger partial charge in [0, 0.05) is 18.4 Å². The maximum Gasteiger partial charge on any atom is 0.231 e. The van der Waals surface area contributed by atoms with Crippen molar-refractivity contribution in [3.05, 3.63) is 59.7 Å². The van der Waals surface area contributed by atoms with Crippen LogP contribution in [0.1, 0.15) is 11.1 Å². The van der Waals surface area contributed by atoms with E-state index in [-0.39, 0.29) is 5.91 Å². The van der Waals surface area contributed by atoms with Crippen LogP contribution in [0.4, 0.5) is 11.4 Å². The van der Waals surface area contributed by atoms with Crippen LogP contribution in [0.3, 0.4) is 0 Å². The van der Waals surface area contributed by atoms with Crippen LogP contribution < -0.4 is 9.62 Å². The molecule has 23 heavy (non-hydrogen) atoms. The summed E-state index contributed by atoms with van der Waals surface area (Å²) in [6.45, 7) is 1.99. The number of benzene rings is 2. The molecule has 0 aromatic heterocycles. The van der Waals surface area contributed by atoms with E-state index >= 15 is 0 Å². The molecular weight excluding hydrogens is 312 g/mol. The quantitative estimate of drug-likeness (QED) is 0.915. The fourth-order valence-electron chi connectivity index (χ4n) is 2.23. The molecule has 0 saturated heterocycles. The van der Waals surface area contributed by atoms with E-state index in [9.17, 15) is 13.2 Å². The molecular formula is C17H20N2O3S. The molecule has 6 heteroatoms. The van der Waals surface area contributed by atoms with Crippen molar-refractivity contribution in [3.8, 4) is 0 Å². The molecule has 0 aliphatic carbocycles. The number of sulfonamides is 1. The molecule has 0 aliphatic rings. The molecule has 1 N–H and O–H groups in total. The number of hydrogen-bond acceptors (Lipinski definition) is 3. The Morgan fingerprint density at radius 3 is 2.35 bits per heavy atom. The van der Waals surface area contributed by atoms with Gasteiger partial charge in [0.15, 0.2) is 0 Å². The number of rotatable bonds is 5. The number of likely N-dealkylation sites (N-methyl/N-ethyl adjacent to an activating group) is 1. The summed E-state index contributed by atoms with van der Waals surface area (Å²) in [4.78, 5) is 13.9. The Bertz CT molecular complexity index is 799. The van der Waals surface area contributed by atoms with Gasteiger partial charge < -0.3 is 4.90 Å². The zero-order valence-electron chi connectivity index (χ0n) is 13.4. The van der Waals surface area contributed by atoms with Gasteiger partial charge in [0.1, 0.15) is 0 Å². The smallest absolute Gasteiger partial charge is 0.231 e. The summed E-state index contributed by atoms with van der Waals surface area (Å²) in [5.74, 6) is -0.0283. The van der Waals surface area contributed by atoms with Crippen LogP contribution in [0.5, 0.6) is 0 Å². The van der Waals surface area contributed by atoms with Gasteiger partial charge in [0.05, 0.1) is 12.7 Å². The molecule has 0 spiro atoms. The Morgan fingerprint density at radius 2 is 1.78 bits per heavy atom. The highest BCUT2D eigenvalue weighted by atomic mass is 32.2. The average Bonchev–Trinajstić information content (AvgIpc) is 2.45. The van der Waals surface area contributed by atoms with E-state index < -0.39 is 10.0 Å². The van der Waals surface area contributed by atoms with Gasteiger partial charge in [-0.1, -0.05) is 29.8 Å². The topological polar surface area (TPSA) is 66.5 Å². The van der Waals surface area contributed by atoms with Crippen LogP contribution in [0.15, 0.2) is 48.5 Å². The normalized spacial score (nSPS) is 11.1. The number of nitrogens with one attached hydrogen (secondary N) is 1. The van der Waals surface area contributed by atoms with Gasteiger partial charge in [-0.05, 0) is 36.8 Å². The van der Waals surface area contributed by atoms with Gasteiger partial charge >= 0.3 is 0 Å². The second kappa shape index (κ2) is 6.83. The average molecular weight is 332 g/mol. The van der Waals surface area contributed by atoms with Crippen molar-refractivity contribution in [2.75, 3.05) is 22.9 Å². The van der Waals surface area contributed by atoms with Crippen LogP contribution in [0, 0.1) is 6.92 Å². The van der Waals surface area contributed by atoms with Crippen LogP contribution >= 0.6 is 0 Å². The van der Waals surface area contributed by atoms with Crippen LogP contribution in [0.25, 0.3) is 0 Å². The first-order valence-corrected chi connectivity index (χ1v) is 9.04. The Labute approximate surface area is 137 Å². The van der Waals surface area contributed by atoms with Crippen LogP contribution in [-0.2, 0) is 21.2 Å². The first-order valence-electron chi connectivity index (χ1n) is 7.14. The van der Waals surface area contributed by atoms with Gasteiger partial charge in [-0.25, -0.2) is 8.42 Å². The Morgan fingerprint density at radius 1 is 1.13 bits per heavy atom. The lowest BCUT2D eigenvalue weighted by molar-refractivity contribution is -0.117. The largest absolute Gasteiger partial charge is 0.315 e. The van der Waals surface area contributed by atoms with Gasteiger partial charge in [-0.15, -0.1) is 0 Å². The first-order chi connectivity index (χ1) is 10.7. The molecule has 0 heterocycles. The standard InChI is InChI=1S/C17H20N2O3S/c1-13-5-4-6-14(11-13)12-17(20)19(2)16-9-7-15(8-10-16)18-23(3,21)22/h4-11,18H,12H2,1-3H3. The fourth-order valence-corrected chi connectivity index (χ4v) is 2.79. The van der Waals surface area contributed by atoms with Crippen LogP contribution in [-0.4, -0.2) is 27.6 Å². The third-order valence-corrected chi connectivity index (χ3v) is 3.98. The minimum absolute atomic E-state index is 0.0283. The van der Waals surface area contributed by atoms with Crippen molar-refractivity contribution in [1.29, 1.82) is 0 Å². The summed E-state index contributed by atoms with van der Waals surface area (Å²) >= 11 is 0. The number of aryl methyl sites for hydroxylation is 1. The number of hydrogen-bond donors (Lipinski definition) is 1. The first kappa shape index (κ1) is 17.0. The molecule has 5 nitrogen and oxygen atoms in total. The molecule has 0 saturated carbocycles. The molecule has 0 radical (unpaired) electrons. The molecule has 2 aromatic rings. The van der Waals surface area contributed by atoms with E-state index in [1.165, 1.54) is 0 Å². The van der Waals surface area contributed by atoms with Gasteiger partial charge in [-0.3, -0.25) is 9.52 Å². The SMILES string of the molecule is Cc1cccc(CC(=O)N(C)c2ccc(NS(C)(=O)=O)cc2)c1. The van der Waals surface area contributed by atoms with Gasteiger partial charge in [0.25, 0.3) is 0 Å². The summed E-state index contributed by atoms with van der Waals surface area (Å²) < 4.78 is 24.8. The highest BCUT2D eigenvalue weighted by molar-refractivity contribution is 7.92. The molecule has 0 fully saturated rings. The maximum atomic E-state index is 12.4. The monoisotopic (exact) mass is 332 g/mol. The van der Waals surface area contributed by atoms with E-state index in [1.807, 2.05) is 31.2 Å². The third kappa shape index (κ3) is 5.10. The van der Waals surface area contributed by atoms with E-state index in [2.05, 4.69) is 4.72 Å². The van der Waals surface area contributed by atoms with Crippen molar-refractivity contribution in [3.63, 3.8) is 0 Å². The summed E-state index contributed by atoms with van der Waals surface area (Å²) in [7, 11) is -1.60. The highest BCUT2D eigenvalue weighted by Crippen LogP contribution is 2.18. The summed E-state index contributed by atoms with van der Waals surface area (Å²) in [5, 5.41) is 0. The van der Waals surface area contributed by atoms with E-state index in [0.29, 0.717) is 17.8 Å². The molecule has 1 amide bonds. The second-order valence-electron chi connectivity index (χ2n) is 5.54. The van der Waals surface area contributed by atoms with Crippen molar-refractivity contribution >= 4 is 27.3 Å². The molecule has 0 bridgehead atoms. The lowest BCUT2D eigenvalue weighted by atomic mass is 10.1. The minimum atomic E-state index is -3.30. The van der Waals surface area contributed by atoms with Crippen molar-refractivity contribution in [2.24, 2.45) is 0 Å². The number of amides is 1. The molecule has 0 atom stereocenters. The number of anilines is 2. The zero-order chi connectivity index (χ0) is 17.0. The molecule has 0 aliphatic heterocycles. The van der Waals surface area contributed by atoms with Crippen molar-refractivity contribution < 1.29 is 13.2 Å². The summed E-state index contributed by atoms with van der Waals surface area (Å²) in [5.41, 5.74) is 3.27. The maximum absolute atomic E-state index is 12.4. The Kier molecular flexibility index (Phi) is 5.05. The van der Waals surface area contributed by atoms with Gasteiger partial charge in [-0.2, -0.15) is 0 Å². The second-order valence-corrected chi connectivity index (χ2v) is 7.29. The molecule has 2 rings (SSSR count). The number of nitrogens with zero attached hydrogens (tertiary/aromatic N) is 1. The zero-order valence-corrected chi connectivity index (χ0v) is 14.2. The lowest BCUT2D eigenvalue weighted by Crippen LogP contribution is -2.27. The fraction of sp³-hybridized carbons (Fsp3) is 0.235. The van der Waals surface area contributed by atoms with Crippen molar-refractivity contribution in [1.82, 2.24) is 0 Å². The van der Waals surface area contributed by atoms with Gasteiger partial charge in [0.2, 0.25) is 15.9 Å². The summed E-state index contributed by atoms with van der Waals surface area (Å²) in [6.07, 6.45) is 1.42. The van der Waals surface area contributed by atoms with Crippen LogP contribution in [0.2, 0.25) is 0 Å². The molecule has 122 valence electrons. The Balaban J connectivity index is 2.07. The number of carbonyl (C=O) groups is 1. The van der Waals surface area contributed by atoms with E-state index in [1.54, 1.807) is 36.2 Å². The highest BCUT2D eigenvalue weighted by Gasteiger charge is 2.12. The Hall–Kier alpha value is -2.34.